The zero-order chi connectivity index (χ0) is 10.8. The van der Waals surface area contributed by atoms with Crippen molar-refractivity contribution >= 4 is 0 Å². The van der Waals surface area contributed by atoms with Crippen LogP contribution >= 0.6 is 0 Å². The van der Waals surface area contributed by atoms with Crippen molar-refractivity contribution in [3.05, 3.63) is 30.1 Å². The molecule has 0 radical (unpaired) electrons. The van der Waals surface area contributed by atoms with Crippen LogP contribution in [0.5, 0.6) is 0 Å². The van der Waals surface area contributed by atoms with Gasteiger partial charge in [0.1, 0.15) is 0 Å². The Kier molecular flexibility index (Phi) is 2.89. The molecule has 0 saturated carbocycles. The summed E-state index contributed by atoms with van der Waals surface area (Å²) in [4.78, 5) is 6.65. The molecule has 0 bridgehead atoms. The molecule has 0 aliphatic carbocycles. The van der Waals surface area contributed by atoms with Crippen LogP contribution in [0.1, 0.15) is 12.0 Å². The molecule has 3 rings (SSSR count). The minimum Gasteiger partial charge on any atom is -0.316 e. The van der Waals surface area contributed by atoms with Gasteiger partial charge in [0.25, 0.3) is 0 Å². The van der Waals surface area contributed by atoms with E-state index >= 15 is 0 Å². The second-order valence-electron chi connectivity index (χ2n) is 5.06. The van der Waals surface area contributed by atoms with Gasteiger partial charge in [0.05, 0.1) is 0 Å². The molecule has 2 saturated heterocycles. The molecule has 86 valence electrons. The third-order valence-electron chi connectivity index (χ3n) is 3.94. The second kappa shape index (κ2) is 4.52. The van der Waals surface area contributed by atoms with E-state index in [4.69, 9.17) is 0 Å². The summed E-state index contributed by atoms with van der Waals surface area (Å²) in [5.41, 5.74) is 1.39. The van der Waals surface area contributed by atoms with Crippen molar-refractivity contribution in [3.63, 3.8) is 0 Å². The average molecular weight is 217 g/mol. The molecule has 2 aliphatic heterocycles. The van der Waals surface area contributed by atoms with Crippen LogP contribution < -0.4 is 5.32 Å². The lowest BCUT2D eigenvalue weighted by atomic mass is 9.88. The van der Waals surface area contributed by atoms with E-state index in [1.54, 1.807) is 0 Å². The molecule has 2 aliphatic rings. The lowest BCUT2D eigenvalue weighted by molar-refractivity contribution is 0.142. The minimum absolute atomic E-state index is 0.885. The fourth-order valence-corrected chi connectivity index (χ4v) is 3.00. The third kappa shape index (κ3) is 2.11. The third-order valence-corrected chi connectivity index (χ3v) is 3.94. The maximum Gasteiger partial charge on any atom is 0.0271 e. The Morgan fingerprint density at radius 1 is 1.25 bits per heavy atom. The Balaban J connectivity index is 1.60. The van der Waals surface area contributed by atoms with E-state index in [0.29, 0.717) is 0 Å². The number of likely N-dealkylation sites (tertiary alicyclic amines) is 1. The molecule has 3 heteroatoms. The molecule has 0 spiro atoms. The zero-order valence-corrected chi connectivity index (χ0v) is 9.60. The number of nitrogens with zero attached hydrogens (tertiary/aromatic N) is 2. The van der Waals surface area contributed by atoms with Gasteiger partial charge in [-0.1, -0.05) is 0 Å². The van der Waals surface area contributed by atoms with E-state index in [9.17, 15) is 0 Å². The van der Waals surface area contributed by atoms with Crippen molar-refractivity contribution in [1.29, 1.82) is 0 Å². The number of fused-ring (bicyclic) bond motifs is 1. The standard InChI is InChI=1S/C13H19N3/c1-4-14-5-2-11(1)9-16-6-3-12-7-15-8-13(12)10-16/h1-2,4-5,12-13,15H,3,6-10H2. The van der Waals surface area contributed by atoms with Crippen molar-refractivity contribution in [3.8, 4) is 0 Å². The van der Waals surface area contributed by atoms with Crippen LogP contribution in [0.2, 0.25) is 0 Å². The number of hydrogen-bond donors (Lipinski definition) is 1. The number of piperidine rings is 1. The summed E-state index contributed by atoms with van der Waals surface area (Å²) in [6.07, 6.45) is 5.14. The molecular formula is C13H19N3. The van der Waals surface area contributed by atoms with E-state index in [2.05, 4.69) is 27.3 Å². The Morgan fingerprint density at radius 2 is 2.06 bits per heavy atom. The summed E-state index contributed by atoms with van der Waals surface area (Å²) in [6.45, 7) is 6.07. The predicted octanol–water partition coefficient (Wildman–Crippen LogP) is 1.12. The maximum absolute atomic E-state index is 4.06. The molecule has 1 N–H and O–H groups in total. The normalized spacial score (nSPS) is 30.2. The van der Waals surface area contributed by atoms with Gasteiger partial charge in [-0.2, -0.15) is 0 Å². The summed E-state index contributed by atoms with van der Waals surface area (Å²) in [5, 5.41) is 3.51. The fourth-order valence-electron chi connectivity index (χ4n) is 3.00. The Hall–Kier alpha value is -0.930. The topological polar surface area (TPSA) is 28.2 Å². The number of rotatable bonds is 2. The highest BCUT2D eigenvalue weighted by Crippen LogP contribution is 2.27. The SMILES string of the molecule is c1cc(CN2CCC3CNCC3C2)ccn1. The summed E-state index contributed by atoms with van der Waals surface area (Å²) in [6, 6.07) is 4.25. The van der Waals surface area contributed by atoms with E-state index in [1.165, 1.54) is 38.2 Å². The van der Waals surface area contributed by atoms with Crippen molar-refractivity contribution in [2.45, 2.75) is 13.0 Å². The number of pyridine rings is 1. The molecule has 2 fully saturated rings. The van der Waals surface area contributed by atoms with E-state index in [0.717, 1.165) is 18.4 Å². The van der Waals surface area contributed by atoms with Crippen molar-refractivity contribution in [2.24, 2.45) is 11.8 Å². The Labute approximate surface area is 96.9 Å². The molecular weight excluding hydrogens is 198 g/mol. The summed E-state index contributed by atoms with van der Waals surface area (Å²) >= 11 is 0. The van der Waals surface area contributed by atoms with Gasteiger partial charge in [0, 0.05) is 25.5 Å². The number of aromatic nitrogens is 1. The van der Waals surface area contributed by atoms with E-state index in [-0.39, 0.29) is 0 Å². The van der Waals surface area contributed by atoms with Crippen LogP contribution in [0.25, 0.3) is 0 Å². The number of hydrogen-bond acceptors (Lipinski definition) is 3. The van der Waals surface area contributed by atoms with Crippen molar-refractivity contribution in [2.75, 3.05) is 26.2 Å². The van der Waals surface area contributed by atoms with Gasteiger partial charge in [0.15, 0.2) is 0 Å². The van der Waals surface area contributed by atoms with Gasteiger partial charge < -0.3 is 5.32 Å². The van der Waals surface area contributed by atoms with E-state index < -0.39 is 0 Å². The largest absolute Gasteiger partial charge is 0.316 e. The first kappa shape index (κ1) is 10.2. The van der Waals surface area contributed by atoms with Gasteiger partial charge in [0.2, 0.25) is 0 Å². The highest BCUT2D eigenvalue weighted by molar-refractivity contribution is 5.09. The second-order valence-corrected chi connectivity index (χ2v) is 5.06. The monoisotopic (exact) mass is 217 g/mol. The summed E-state index contributed by atoms with van der Waals surface area (Å²) in [7, 11) is 0. The molecule has 16 heavy (non-hydrogen) atoms. The molecule has 3 nitrogen and oxygen atoms in total. The lowest BCUT2D eigenvalue weighted by Gasteiger charge is -2.34. The lowest BCUT2D eigenvalue weighted by Crippen LogP contribution is -2.39. The zero-order valence-electron chi connectivity index (χ0n) is 9.60. The van der Waals surface area contributed by atoms with Crippen LogP contribution in [0.4, 0.5) is 0 Å². The van der Waals surface area contributed by atoms with Gasteiger partial charge in [-0.05, 0) is 55.6 Å². The van der Waals surface area contributed by atoms with Gasteiger partial charge in [-0.15, -0.1) is 0 Å². The predicted molar refractivity (Wildman–Crippen MR) is 64.0 cm³/mol. The Morgan fingerprint density at radius 3 is 2.94 bits per heavy atom. The highest BCUT2D eigenvalue weighted by atomic mass is 15.1. The van der Waals surface area contributed by atoms with Crippen LogP contribution in [0.15, 0.2) is 24.5 Å². The molecule has 2 atom stereocenters. The van der Waals surface area contributed by atoms with Crippen molar-refractivity contribution < 1.29 is 0 Å². The highest BCUT2D eigenvalue weighted by Gasteiger charge is 2.32. The molecule has 0 amide bonds. The molecule has 1 aromatic rings. The van der Waals surface area contributed by atoms with Crippen LogP contribution in [-0.2, 0) is 6.54 Å². The van der Waals surface area contributed by atoms with Crippen LogP contribution in [-0.4, -0.2) is 36.1 Å². The average Bonchev–Trinajstić information content (AvgIpc) is 2.77. The molecule has 2 unspecified atom stereocenters. The Bertz CT molecular complexity index is 338. The van der Waals surface area contributed by atoms with Gasteiger partial charge in [-0.3, -0.25) is 9.88 Å². The summed E-state index contributed by atoms with van der Waals surface area (Å²) in [5.74, 6) is 1.82. The van der Waals surface area contributed by atoms with Gasteiger partial charge in [-0.25, -0.2) is 0 Å². The first-order valence-electron chi connectivity index (χ1n) is 6.24. The first-order valence-corrected chi connectivity index (χ1v) is 6.24. The van der Waals surface area contributed by atoms with Gasteiger partial charge >= 0.3 is 0 Å². The molecule has 1 aromatic heterocycles. The molecule has 3 heterocycles. The number of nitrogens with one attached hydrogen (secondary N) is 1. The van der Waals surface area contributed by atoms with Crippen molar-refractivity contribution in [1.82, 2.24) is 15.2 Å². The van der Waals surface area contributed by atoms with Crippen LogP contribution in [0.3, 0.4) is 0 Å². The fraction of sp³-hybridized carbons (Fsp3) is 0.615. The minimum atomic E-state index is 0.885. The molecule has 0 aromatic carbocycles. The maximum atomic E-state index is 4.06. The smallest absolute Gasteiger partial charge is 0.0271 e. The summed E-state index contributed by atoms with van der Waals surface area (Å²) < 4.78 is 0. The van der Waals surface area contributed by atoms with Crippen LogP contribution in [0, 0.1) is 11.8 Å². The quantitative estimate of drug-likeness (QED) is 0.804. The first-order chi connectivity index (χ1) is 7.92. The van der Waals surface area contributed by atoms with E-state index in [1.807, 2.05) is 12.4 Å².